The number of allylic oxidation sites excluding steroid dienone is 2. The summed E-state index contributed by atoms with van der Waals surface area (Å²) >= 11 is 0. The van der Waals surface area contributed by atoms with Gasteiger partial charge in [0.05, 0.1) is 17.5 Å². The van der Waals surface area contributed by atoms with E-state index in [1.807, 2.05) is 42.5 Å². The Morgan fingerprint density at radius 2 is 1.46 bits per heavy atom. The first kappa shape index (κ1) is 12.9. The van der Waals surface area contributed by atoms with Gasteiger partial charge in [-0.25, -0.2) is 4.90 Å². The third-order valence-electron chi connectivity index (χ3n) is 6.86. The summed E-state index contributed by atoms with van der Waals surface area (Å²) in [4.78, 5) is 27.9. The standard InChI is InChI=1S/C21H17NO2/c23-19-17-14-8-9-15(21(14)10-11-21)18(17)20(24)22(19)16-7-3-5-12-4-1-2-6-13(12)16/h1-9,14-15,17-18H,10-11H2/t14-,15-,17+,18+/m1/s1. The Bertz CT molecular complexity index is 916. The van der Waals surface area contributed by atoms with Gasteiger partial charge in [0.1, 0.15) is 0 Å². The number of nitrogens with zero attached hydrogens (tertiary/aromatic N) is 1. The van der Waals surface area contributed by atoms with Gasteiger partial charge >= 0.3 is 0 Å². The predicted molar refractivity (Wildman–Crippen MR) is 91.2 cm³/mol. The minimum atomic E-state index is -0.131. The first-order valence-corrected chi connectivity index (χ1v) is 8.76. The number of benzene rings is 2. The molecule has 1 heterocycles. The lowest BCUT2D eigenvalue weighted by Gasteiger charge is -2.22. The molecule has 2 saturated carbocycles. The number of carbonyl (C=O) groups is 2. The Morgan fingerprint density at radius 1 is 0.833 bits per heavy atom. The second-order valence-electron chi connectivity index (χ2n) is 7.73. The fourth-order valence-electron chi connectivity index (χ4n) is 5.72. The molecule has 1 spiro atoms. The van der Waals surface area contributed by atoms with Crippen LogP contribution in [0.2, 0.25) is 0 Å². The zero-order valence-electron chi connectivity index (χ0n) is 13.2. The molecule has 24 heavy (non-hydrogen) atoms. The van der Waals surface area contributed by atoms with Crippen molar-refractivity contribution < 1.29 is 9.59 Å². The summed E-state index contributed by atoms with van der Waals surface area (Å²) in [5.74, 6) is 0.338. The highest BCUT2D eigenvalue weighted by Crippen LogP contribution is 2.73. The number of hydrogen-bond donors (Lipinski definition) is 0. The lowest BCUT2D eigenvalue weighted by atomic mass is 9.85. The maximum atomic E-state index is 13.2. The van der Waals surface area contributed by atoms with Gasteiger partial charge < -0.3 is 0 Å². The smallest absolute Gasteiger partial charge is 0.238 e. The zero-order chi connectivity index (χ0) is 16.1. The number of hydrogen-bond acceptors (Lipinski definition) is 2. The third-order valence-corrected chi connectivity index (χ3v) is 6.86. The van der Waals surface area contributed by atoms with Crippen LogP contribution in [0.4, 0.5) is 5.69 Å². The molecule has 2 aromatic rings. The van der Waals surface area contributed by atoms with Crippen molar-refractivity contribution in [3.63, 3.8) is 0 Å². The van der Waals surface area contributed by atoms with Gasteiger partial charge in [0.25, 0.3) is 0 Å². The Labute approximate surface area is 139 Å². The lowest BCUT2D eigenvalue weighted by molar-refractivity contribution is -0.123. The molecule has 1 aliphatic heterocycles. The highest BCUT2D eigenvalue weighted by atomic mass is 16.2. The summed E-state index contributed by atoms with van der Waals surface area (Å²) in [7, 11) is 0. The number of anilines is 1. The van der Waals surface area contributed by atoms with Gasteiger partial charge in [0.15, 0.2) is 0 Å². The minimum Gasteiger partial charge on any atom is -0.274 e. The normalized spacial score (nSPS) is 34.6. The van der Waals surface area contributed by atoms with Gasteiger partial charge in [0, 0.05) is 5.39 Å². The second kappa shape index (κ2) is 3.97. The van der Waals surface area contributed by atoms with Crippen molar-refractivity contribution in [2.24, 2.45) is 29.1 Å². The molecular weight excluding hydrogens is 298 g/mol. The van der Waals surface area contributed by atoms with E-state index in [-0.39, 0.29) is 40.9 Å². The average molecular weight is 315 g/mol. The Hall–Kier alpha value is -2.42. The Morgan fingerprint density at radius 3 is 2.12 bits per heavy atom. The van der Waals surface area contributed by atoms with Crippen LogP contribution >= 0.6 is 0 Å². The molecule has 4 aliphatic rings. The van der Waals surface area contributed by atoms with E-state index in [1.54, 1.807) is 0 Å². The summed E-state index contributed by atoms with van der Waals surface area (Å²) < 4.78 is 0. The van der Waals surface area contributed by atoms with E-state index in [9.17, 15) is 9.59 Å². The molecule has 3 fully saturated rings. The third kappa shape index (κ3) is 1.28. The second-order valence-corrected chi connectivity index (χ2v) is 7.73. The largest absolute Gasteiger partial charge is 0.274 e. The SMILES string of the molecule is O=C1[C@@H]2[C@@H](C(=O)N1c1cccc3ccccc13)[C@H]1C=C[C@H]2C12CC2. The quantitative estimate of drug-likeness (QED) is 0.596. The van der Waals surface area contributed by atoms with Gasteiger partial charge in [-0.05, 0) is 41.5 Å². The molecule has 1 saturated heterocycles. The summed E-state index contributed by atoms with van der Waals surface area (Å²) in [5.41, 5.74) is 1.01. The molecule has 3 aliphatic carbocycles. The highest BCUT2D eigenvalue weighted by molar-refractivity contribution is 6.25. The molecule has 3 nitrogen and oxygen atoms in total. The van der Waals surface area contributed by atoms with Crippen molar-refractivity contribution >= 4 is 28.3 Å². The molecule has 0 N–H and O–H groups in total. The minimum absolute atomic E-state index is 0.0180. The van der Waals surface area contributed by atoms with E-state index in [0.717, 1.165) is 16.5 Å². The molecule has 4 atom stereocenters. The maximum absolute atomic E-state index is 13.2. The van der Waals surface area contributed by atoms with E-state index in [2.05, 4.69) is 12.2 Å². The monoisotopic (exact) mass is 315 g/mol. The topological polar surface area (TPSA) is 37.4 Å². The van der Waals surface area contributed by atoms with Gasteiger partial charge in [-0.1, -0.05) is 48.6 Å². The van der Waals surface area contributed by atoms with Gasteiger partial charge in [-0.2, -0.15) is 0 Å². The highest BCUT2D eigenvalue weighted by Gasteiger charge is 2.73. The van der Waals surface area contributed by atoms with Crippen molar-refractivity contribution in [2.75, 3.05) is 4.90 Å². The van der Waals surface area contributed by atoms with Crippen LogP contribution in [0.1, 0.15) is 12.8 Å². The van der Waals surface area contributed by atoms with E-state index < -0.39 is 0 Å². The van der Waals surface area contributed by atoms with Crippen molar-refractivity contribution in [1.29, 1.82) is 0 Å². The number of fused-ring (bicyclic) bond motifs is 4. The molecule has 0 unspecified atom stereocenters. The van der Waals surface area contributed by atoms with Crippen molar-refractivity contribution in [2.45, 2.75) is 12.8 Å². The molecule has 6 rings (SSSR count). The molecule has 2 bridgehead atoms. The lowest BCUT2D eigenvalue weighted by Crippen LogP contribution is -2.34. The number of amides is 2. The summed E-state index contributed by atoms with van der Waals surface area (Å²) in [6.45, 7) is 0. The van der Waals surface area contributed by atoms with E-state index in [4.69, 9.17) is 0 Å². The molecule has 0 aromatic heterocycles. The molecular formula is C21H17NO2. The van der Waals surface area contributed by atoms with Crippen molar-refractivity contribution in [1.82, 2.24) is 0 Å². The molecule has 2 amide bonds. The van der Waals surface area contributed by atoms with Crippen LogP contribution in [0.25, 0.3) is 10.8 Å². The first-order valence-electron chi connectivity index (χ1n) is 8.76. The molecule has 0 radical (unpaired) electrons. The van der Waals surface area contributed by atoms with Crippen LogP contribution < -0.4 is 4.90 Å². The Balaban J connectivity index is 1.50. The van der Waals surface area contributed by atoms with Crippen LogP contribution in [0.3, 0.4) is 0 Å². The Kier molecular flexibility index (Phi) is 2.14. The fraction of sp³-hybridized carbons (Fsp3) is 0.333. The molecule has 3 heteroatoms. The predicted octanol–water partition coefficient (Wildman–Crippen LogP) is 3.54. The number of carbonyl (C=O) groups excluding carboxylic acids is 2. The fourth-order valence-corrected chi connectivity index (χ4v) is 5.72. The zero-order valence-corrected chi connectivity index (χ0v) is 13.2. The molecule has 2 aromatic carbocycles. The maximum Gasteiger partial charge on any atom is 0.238 e. The van der Waals surface area contributed by atoms with Gasteiger partial charge in [-0.15, -0.1) is 0 Å². The summed E-state index contributed by atoms with van der Waals surface area (Å²) in [6.07, 6.45) is 6.79. The van der Waals surface area contributed by atoms with Crippen LogP contribution in [0.15, 0.2) is 54.6 Å². The molecule has 118 valence electrons. The van der Waals surface area contributed by atoms with Crippen molar-refractivity contribution in [3.05, 3.63) is 54.6 Å². The summed E-state index contributed by atoms with van der Waals surface area (Å²) in [6, 6.07) is 13.8. The number of rotatable bonds is 1. The van der Waals surface area contributed by atoms with E-state index >= 15 is 0 Å². The van der Waals surface area contributed by atoms with E-state index in [1.165, 1.54) is 17.7 Å². The average Bonchev–Trinajstić information content (AvgIpc) is 3.20. The van der Waals surface area contributed by atoms with Gasteiger partial charge in [0.2, 0.25) is 11.8 Å². The van der Waals surface area contributed by atoms with E-state index in [0.29, 0.717) is 0 Å². The van der Waals surface area contributed by atoms with Crippen molar-refractivity contribution in [3.8, 4) is 0 Å². The van der Waals surface area contributed by atoms with Crippen LogP contribution in [-0.4, -0.2) is 11.8 Å². The van der Waals surface area contributed by atoms with Crippen LogP contribution in [0, 0.1) is 29.1 Å². The summed E-state index contributed by atoms with van der Waals surface area (Å²) in [5, 5.41) is 2.04. The van der Waals surface area contributed by atoms with Gasteiger partial charge in [-0.3, -0.25) is 9.59 Å². The van der Waals surface area contributed by atoms with Crippen LogP contribution in [-0.2, 0) is 9.59 Å². The first-order chi connectivity index (χ1) is 11.7. The van der Waals surface area contributed by atoms with Crippen LogP contribution in [0.5, 0.6) is 0 Å². The number of imide groups is 1.